The highest BCUT2D eigenvalue weighted by atomic mass is 16.2. The van der Waals surface area contributed by atoms with Gasteiger partial charge in [-0.3, -0.25) is 14.7 Å². The average Bonchev–Trinajstić information content (AvgIpc) is 2.95. The summed E-state index contributed by atoms with van der Waals surface area (Å²) >= 11 is 0. The number of benzene rings is 1. The van der Waals surface area contributed by atoms with E-state index in [0.29, 0.717) is 13.1 Å². The number of piperidine rings is 1. The van der Waals surface area contributed by atoms with E-state index >= 15 is 0 Å². The third-order valence-corrected chi connectivity index (χ3v) is 4.02. The predicted octanol–water partition coefficient (Wildman–Crippen LogP) is 1.76. The Morgan fingerprint density at radius 2 is 2.10 bits per heavy atom. The van der Waals surface area contributed by atoms with E-state index in [0.717, 1.165) is 29.4 Å². The van der Waals surface area contributed by atoms with Gasteiger partial charge in [0.2, 0.25) is 11.8 Å². The number of likely N-dealkylation sites (tertiary alicyclic amines) is 1. The standard InChI is InChI=1S/C15H18N4O2/c1-10(20)19-6-4-11(5-7-19)15(21)17-13-2-3-14-12(8-13)9-16-18-14/h2-3,8-9,11H,4-7H2,1H3,(H,16,18)(H,17,21). The van der Waals surface area contributed by atoms with Gasteiger partial charge >= 0.3 is 0 Å². The number of aromatic amines is 1. The van der Waals surface area contributed by atoms with Crippen LogP contribution in [0.1, 0.15) is 19.8 Å². The van der Waals surface area contributed by atoms with E-state index in [4.69, 9.17) is 0 Å². The molecule has 1 aliphatic heterocycles. The van der Waals surface area contributed by atoms with Gasteiger partial charge in [-0.25, -0.2) is 0 Å². The van der Waals surface area contributed by atoms with Gasteiger partial charge in [0.1, 0.15) is 0 Å². The van der Waals surface area contributed by atoms with Crippen LogP contribution in [0.4, 0.5) is 5.69 Å². The van der Waals surface area contributed by atoms with Crippen LogP contribution in [0.5, 0.6) is 0 Å². The highest BCUT2D eigenvalue weighted by Gasteiger charge is 2.25. The van der Waals surface area contributed by atoms with Crippen molar-refractivity contribution < 1.29 is 9.59 Å². The second kappa shape index (κ2) is 5.55. The van der Waals surface area contributed by atoms with Crippen molar-refractivity contribution in [3.05, 3.63) is 24.4 Å². The first-order chi connectivity index (χ1) is 10.1. The van der Waals surface area contributed by atoms with Gasteiger partial charge in [0.25, 0.3) is 0 Å². The summed E-state index contributed by atoms with van der Waals surface area (Å²) < 4.78 is 0. The van der Waals surface area contributed by atoms with E-state index in [2.05, 4.69) is 15.5 Å². The molecule has 6 heteroatoms. The van der Waals surface area contributed by atoms with E-state index in [9.17, 15) is 9.59 Å². The first-order valence-electron chi connectivity index (χ1n) is 7.13. The highest BCUT2D eigenvalue weighted by molar-refractivity contribution is 5.95. The number of hydrogen-bond donors (Lipinski definition) is 2. The molecule has 2 N–H and O–H groups in total. The summed E-state index contributed by atoms with van der Waals surface area (Å²) in [5, 5.41) is 10.8. The molecule has 2 amide bonds. The van der Waals surface area contributed by atoms with Crippen LogP contribution < -0.4 is 5.32 Å². The molecule has 0 bridgehead atoms. The Morgan fingerprint density at radius 3 is 2.81 bits per heavy atom. The summed E-state index contributed by atoms with van der Waals surface area (Å²) in [5.41, 5.74) is 1.73. The summed E-state index contributed by atoms with van der Waals surface area (Å²) in [6.45, 7) is 2.89. The van der Waals surface area contributed by atoms with Gasteiger partial charge in [-0.15, -0.1) is 0 Å². The summed E-state index contributed by atoms with van der Waals surface area (Å²) in [6, 6.07) is 5.67. The van der Waals surface area contributed by atoms with Crippen molar-refractivity contribution in [3.8, 4) is 0 Å². The zero-order valence-corrected chi connectivity index (χ0v) is 11.9. The third kappa shape index (κ3) is 2.89. The minimum atomic E-state index is -0.0272. The molecule has 0 spiro atoms. The number of carbonyl (C=O) groups is 2. The molecule has 1 fully saturated rings. The van der Waals surface area contributed by atoms with Gasteiger partial charge in [0.05, 0.1) is 11.7 Å². The lowest BCUT2D eigenvalue weighted by molar-refractivity contribution is -0.132. The molecular formula is C15H18N4O2. The molecule has 110 valence electrons. The van der Waals surface area contributed by atoms with Crippen molar-refractivity contribution in [2.24, 2.45) is 5.92 Å². The van der Waals surface area contributed by atoms with E-state index in [1.165, 1.54) is 0 Å². The fraction of sp³-hybridized carbons (Fsp3) is 0.400. The van der Waals surface area contributed by atoms with Crippen LogP contribution in [0.3, 0.4) is 0 Å². The number of H-pyrrole nitrogens is 1. The lowest BCUT2D eigenvalue weighted by Gasteiger charge is -2.30. The van der Waals surface area contributed by atoms with E-state index < -0.39 is 0 Å². The maximum atomic E-state index is 12.3. The zero-order valence-electron chi connectivity index (χ0n) is 11.9. The van der Waals surface area contributed by atoms with Crippen molar-refractivity contribution in [1.82, 2.24) is 15.1 Å². The summed E-state index contributed by atoms with van der Waals surface area (Å²) in [7, 11) is 0. The predicted molar refractivity (Wildman–Crippen MR) is 79.7 cm³/mol. The number of nitrogens with one attached hydrogen (secondary N) is 2. The lowest BCUT2D eigenvalue weighted by Crippen LogP contribution is -2.40. The van der Waals surface area contributed by atoms with Crippen LogP contribution in [0.25, 0.3) is 10.9 Å². The molecule has 6 nitrogen and oxygen atoms in total. The molecule has 2 aromatic rings. The van der Waals surface area contributed by atoms with Crippen LogP contribution in [0.2, 0.25) is 0 Å². The van der Waals surface area contributed by atoms with Crippen LogP contribution in [-0.4, -0.2) is 40.0 Å². The molecule has 1 aliphatic rings. The summed E-state index contributed by atoms with van der Waals surface area (Å²) in [4.78, 5) is 25.4. The molecule has 0 saturated carbocycles. The van der Waals surface area contributed by atoms with E-state index in [1.807, 2.05) is 18.2 Å². The number of hydrogen-bond acceptors (Lipinski definition) is 3. The first kappa shape index (κ1) is 13.6. The third-order valence-electron chi connectivity index (χ3n) is 4.02. The Kier molecular flexibility index (Phi) is 3.60. The fourth-order valence-electron chi connectivity index (χ4n) is 2.72. The molecule has 1 aromatic heterocycles. The highest BCUT2D eigenvalue weighted by Crippen LogP contribution is 2.21. The van der Waals surface area contributed by atoms with Gasteiger partial charge in [-0.2, -0.15) is 5.10 Å². The lowest BCUT2D eigenvalue weighted by atomic mass is 9.96. The van der Waals surface area contributed by atoms with E-state index in [-0.39, 0.29) is 17.7 Å². The largest absolute Gasteiger partial charge is 0.343 e. The van der Waals surface area contributed by atoms with Gasteiger partial charge in [-0.1, -0.05) is 0 Å². The van der Waals surface area contributed by atoms with Crippen molar-refractivity contribution in [2.75, 3.05) is 18.4 Å². The number of amides is 2. The average molecular weight is 286 g/mol. The van der Waals surface area contributed by atoms with Crippen molar-refractivity contribution in [1.29, 1.82) is 0 Å². The van der Waals surface area contributed by atoms with Crippen molar-refractivity contribution in [2.45, 2.75) is 19.8 Å². The molecule has 21 heavy (non-hydrogen) atoms. The number of nitrogens with zero attached hydrogens (tertiary/aromatic N) is 2. The van der Waals surface area contributed by atoms with Gasteiger partial charge in [0, 0.05) is 37.0 Å². The fourth-order valence-corrected chi connectivity index (χ4v) is 2.72. The van der Waals surface area contributed by atoms with Crippen LogP contribution in [-0.2, 0) is 9.59 Å². The quantitative estimate of drug-likeness (QED) is 0.883. The smallest absolute Gasteiger partial charge is 0.227 e. The van der Waals surface area contributed by atoms with Gasteiger partial charge in [-0.05, 0) is 31.0 Å². The van der Waals surface area contributed by atoms with Crippen molar-refractivity contribution in [3.63, 3.8) is 0 Å². The number of fused-ring (bicyclic) bond motifs is 1. The molecule has 0 atom stereocenters. The van der Waals surface area contributed by atoms with Gasteiger partial charge < -0.3 is 10.2 Å². The van der Waals surface area contributed by atoms with E-state index in [1.54, 1.807) is 18.0 Å². The Hall–Kier alpha value is -2.37. The Bertz CT molecular complexity index is 671. The number of rotatable bonds is 2. The molecule has 1 saturated heterocycles. The Balaban J connectivity index is 1.62. The molecular weight excluding hydrogens is 268 g/mol. The normalized spacial score (nSPS) is 16.1. The second-order valence-electron chi connectivity index (χ2n) is 5.44. The number of anilines is 1. The molecule has 0 radical (unpaired) electrons. The molecule has 0 aliphatic carbocycles. The summed E-state index contributed by atoms with van der Waals surface area (Å²) in [5.74, 6) is 0.0842. The Labute approximate surface area is 122 Å². The summed E-state index contributed by atoms with van der Waals surface area (Å²) in [6.07, 6.45) is 3.18. The van der Waals surface area contributed by atoms with Crippen LogP contribution in [0, 0.1) is 5.92 Å². The van der Waals surface area contributed by atoms with Crippen molar-refractivity contribution >= 4 is 28.4 Å². The zero-order chi connectivity index (χ0) is 14.8. The number of carbonyl (C=O) groups excluding carboxylic acids is 2. The second-order valence-corrected chi connectivity index (χ2v) is 5.44. The monoisotopic (exact) mass is 286 g/mol. The maximum absolute atomic E-state index is 12.3. The Morgan fingerprint density at radius 1 is 1.33 bits per heavy atom. The van der Waals surface area contributed by atoms with Gasteiger partial charge in [0.15, 0.2) is 0 Å². The minimum absolute atomic E-state index is 0.0272. The maximum Gasteiger partial charge on any atom is 0.227 e. The first-order valence-corrected chi connectivity index (χ1v) is 7.13. The topological polar surface area (TPSA) is 78.1 Å². The molecule has 2 heterocycles. The molecule has 1 aromatic carbocycles. The molecule has 0 unspecified atom stereocenters. The SMILES string of the molecule is CC(=O)N1CCC(C(=O)Nc2ccc3[nH]ncc3c2)CC1. The minimum Gasteiger partial charge on any atom is -0.343 e. The number of aromatic nitrogens is 2. The van der Waals surface area contributed by atoms with Crippen LogP contribution in [0.15, 0.2) is 24.4 Å². The van der Waals surface area contributed by atoms with Crippen LogP contribution >= 0.6 is 0 Å². The molecule has 3 rings (SSSR count).